The van der Waals surface area contributed by atoms with Gasteiger partial charge in [-0.05, 0) is 62.1 Å². The first-order valence-electron chi connectivity index (χ1n) is 7.50. The lowest BCUT2D eigenvalue weighted by molar-refractivity contribution is 0.323. The summed E-state index contributed by atoms with van der Waals surface area (Å²) in [5, 5.41) is 3.69. The highest BCUT2D eigenvalue weighted by molar-refractivity contribution is 5.27. The molecule has 2 nitrogen and oxygen atoms in total. The third-order valence-corrected chi connectivity index (χ3v) is 4.58. The predicted octanol–water partition coefficient (Wildman–Crippen LogP) is 3.28. The van der Waals surface area contributed by atoms with Gasteiger partial charge in [0.15, 0.2) is 0 Å². The topological polar surface area (TPSA) is 24.9 Å². The largest absolute Gasteiger partial charge is 0.314 e. The predicted molar refractivity (Wildman–Crippen MR) is 74.7 cm³/mol. The molecule has 2 aliphatic rings. The van der Waals surface area contributed by atoms with Gasteiger partial charge >= 0.3 is 0 Å². The zero-order valence-corrected chi connectivity index (χ0v) is 11.4. The van der Waals surface area contributed by atoms with E-state index < -0.39 is 0 Å². The molecule has 0 amide bonds. The Morgan fingerprint density at radius 1 is 1.39 bits per heavy atom. The molecule has 0 spiro atoms. The summed E-state index contributed by atoms with van der Waals surface area (Å²) in [7, 11) is 0. The first-order chi connectivity index (χ1) is 8.83. The van der Waals surface area contributed by atoms with Crippen LogP contribution in [0.25, 0.3) is 0 Å². The van der Waals surface area contributed by atoms with E-state index in [0.717, 1.165) is 17.9 Å². The van der Waals surface area contributed by atoms with Crippen molar-refractivity contribution in [2.24, 2.45) is 5.92 Å². The Morgan fingerprint density at radius 2 is 2.33 bits per heavy atom. The van der Waals surface area contributed by atoms with E-state index >= 15 is 0 Å². The number of aromatic nitrogens is 1. The molecule has 1 aliphatic carbocycles. The van der Waals surface area contributed by atoms with Crippen LogP contribution >= 0.6 is 0 Å². The summed E-state index contributed by atoms with van der Waals surface area (Å²) >= 11 is 0. The van der Waals surface area contributed by atoms with Gasteiger partial charge in [-0.2, -0.15) is 0 Å². The molecule has 2 heterocycles. The van der Waals surface area contributed by atoms with Crippen molar-refractivity contribution in [3.05, 3.63) is 29.6 Å². The lowest BCUT2D eigenvalue weighted by Crippen LogP contribution is -2.36. The van der Waals surface area contributed by atoms with Gasteiger partial charge in [-0.1, -0.05) is 19.4 Å². The molecule has 3 rings (SSSR count). The standard InChI is InChI=1S/C16H24N2/c1-12-9-13(11-14-5-2-3-7-17-14)15-6-4-8-18-16(15)10-12/h4,6,8,12-14,17H,2-3,5,7,9-11H2,1H3. The van der Waals surface area contributed by atoms with Gasteiger partial charge < -0.3 is 5.32 Å². The maximum atomic E-state index is 4.59. The summed E-state index contributed by atoms with van der Waals surface area (Å²) in [4.78, 5) is 4.59. The smallest absolute Gasteiger partial charge is 0.0441 e. The molecular weight excluding hydrogens is 220 g/mol. The van der Waals surface area contributed by atoms with Crippen LogP contribution in [0.5, 0.6) is 0 Å². The van der Waals surface area contributed by atoms with E-state index in [1.165, 1.54) is 56.3 Å². The van der Waals surface area contributed by atoms with Crippen LogP contribution in [0, 0.1) is 5.92 Å². The van der Waals surface area contributed by atoms with Gasteiger partial charge in [0.05, 0.1) is 0 Å². The number of fused-ring (bicyclic) bond motifs is 1. The lowest BCUT2D eigenvalue weighted by atomic mass is 9.76. The number of nitrogens with one attached hydrogen (secondary N) is 1. The van der Waals surface area contributed by atoms with Crippen LogP contribution in [0.1, 0.15) is 56.2 Å². The number of piperidine rings is 1. The molecule has 3 unspecified atom stereocenters. The number of nitrogens with zero attached hydrogens (tertiary/aromatic N) is 1. The minimum absolute atomic E-state index is 0.730. The van der Waals surface area contributed by atoms with Crippen molar-refractivity contribution in [1.29, 1.82) is 0 Å². The van der Waals surface area contributed by atoms with E-state index in [1.807, 2.05) is 6.20 Å². The molecule has 2 heteroatoms. The van der Waals surface area contributed by atoms with Crippen LogP contribution in [0.2, 0.25) is 0 Å². The van der Waals surface area contributed by atoms with Gasteiger partial charge in [0.1, 0.15) is 0 Å². The fraction of sp³-hybridized carbons (Fsp3) is 0.688. The molecule has 1 saturated heterocycles. The normalized spacial score (nSPS) is 31.9. The van der Waals surface area contributed by atoms with E-state index in [-0.39, 0.29) is 0 Å². The highest BCUT2D eigenvalue weighted by atomic mass is 14.9. The third kappa shape index (κ3) is 2.59. The highest BCUT2D eigenvalue weighted by Crippen LogP contribution is 2.37. The maximum absolute atomic E-state index is 4.59. The van der Waals surface area contributed by atoms with Crippen molar-refractivity contribution in [2.75, 3.05) is 6.54 Å². The summed E-state index contributed by atoms with van der Waals surface area (Å²) in [5.74, 6) is 1.52. The molecular formula is C16H24N2. The number of hydrogen-bond acceptors (Lipinski definition) is 2. The fourth-order valence-electron chi connectivity index (χ4n) is 3.71. The van der Waals surface area contributed by atoms with E-state index in [4.69, 9.17) is 0 Å². The van der Waals surface area contributed by atoms with Crippen LogP contribution in [0.4, 0.5) is 0 Å². The SMILES string of the molecule is CC1Cc2ncccc2C(CC2CCCCN2)C1. The lowest BCUT2D eigenvalue weighted by Gasteiger charge is -2.33. The Morgan fingerprint density at radius 3 is 3.17 bits per heavy atom. The monoisotopic (exact) mass is 244 g/mol. The number of rotatable bonds is 2. The maximum Gasteiger partial charge on any atom is 0.0441 e. The van der Waals surface area contributed by atoms with E-state index in [9.17, 15) is 0 Å². The summed E-state index contributed by atoms with van der Waals surface area (Å²) in [6.45, 7) is 3.59. The Labute approximate surface area is 110 Å². The Kier molecular flexibility index (Phi) is 3.64. The van der Waals surface area contributed by atoms with Crippen molar-refractivity contribution in [3.8, 4) is 0 Å². The van der Waals surface area contributed by atoms with Gasteiger partial charge in [-0.25, -0.2) is 0 Å². The second kappa shape index (κ2) is 5.40. The van der Waals surface area contributed by atoms with Crippen LogP contribution in [0.3, 0.4) is 0 Å². The average Bonchev–Trinajstić information content (AvgIpc) is 2.40. The molecule has 3 atom stereocenters. The zero-order valence-electron chi connectivity index (χ0n) is 11.4. The van der Waals surface area contributed by atoms with Gasteiger partial charge in [0.25, 0.3) is 0 Å². The van der Waals surface area contributed by atoms with Crippen molar-refractivity contribution in [3.63, 3.8) is 0 Å². The number of hydrogen-bond donors (Lipinski definition) is 1. The van der Waals surface area contributed by atoms with Crippen molar-refractivity contribution < 1.29 is 0 Å². The first-order valence-corrected chi connectivity index (χ1v) is 7.50. The molecule has 0 aromatic carbocycles. The highest BCUT2D eigenvalue weighted by Gasteiger charge is 2.27. The molecule has 18 heavy (non-hydrogen) atoms. The second-order valence-corrected chi connectivity index (χ2v) is 6.16. The Hall–Kier alpha value is -0.890. The quantitative estimate of drug-likeness (QED) is 0.863. The molecule has 1 aliphatic heterocycles. The summed E-state index contributed by atoms with van der Waals surface area (Å²) in [5.41, 5.74) is 2.89. The minimum atomic E-state index is 0.730. The van der Waals surface area contributed by atoms with Crippen LogP contribution in [-0.2, 0) is 6.42 Å². The Balaban J connectivity index is 1.75. The van der Waals surface area contributed by atoms with Gasteiger partial charge in [-0.15, -0.1) is 0 Å². The van der Waals surface area contributed by atoms with Gasteiger partial charge in [0.2, 0.25) is 0 Å². The van der Waals surface area contributed by atoms with E-state index in [1.54, 1.807) is 0 Å². The van der Waals surface area contributed by atoms with E-state index in [0.29, 0.717) is 0 Å². The van der Waals surface area contributed by atoms with E-state index in [2.05, 4.69) is 29.4 Å². The number of pyridine rings is 1. The van der Waals surface area contributed by atoms with Gasteiger partial charge in [-0.3, -0.25) is 4.98 Å². The Bertz CT molecular complexity index is 396. The van der Waals surface area contributed by atoms with Gasteiger partial charge in [0, 0.05) is 17.9 Å². The van der Waals surface area contributed by atoms with Crippen molar-refractivity contribution in [1.82, 2.24) is 10.3 Å². The molecule has 98 valence electrons. The van der Waals surface area contributed by atoms with Crippen LogP contribution in [0.15, 0.2) is 18.3 Å². The molecule has 1 N–H and O–H groups in total. The zero-order chi connectivity index (χ0) is 12.4. The fourth-order valence-corrected chi connectivity index (χ4v) is 3.71. The minimum Gasteiger partial charge on any atom is -0.314 e. The molecule has 1 aromatic heterocycles. The van der Waals surface area contributed by atoms with Crippen LogP contribution in [-0.4, -0.2) is 17.6 Å². The second-order valence-electron chi connectivity index (χ2n) is 6.16. The molecule has 1 fully saturated rings. The first kappa shape index (κ1) is 12.2. The van der Waals surface area contributed by atoms with Crippen molar-refractivity contribution in [2.45, 2.75) is 57.4 Å². The third-order valence-electron chi connectivity index (χ3n) is 4.58. The summed E-state index contributed by atoms with van der Waals surface area (Å²) < 4.78 is 0. The molecule has 0 radical (unpaired) electrons. The molecule has 0 bridgehead atoms. The molecule has 0 saturated carbocycles. The summed E-state index contributed by atoms with van der Waals surface area (Å²) in [6.07, 6.45) is 9.90. The van der Waals surface area contributed by atoms with Crippen molar-refractivity contribution >= 4 is 0 Å². The average molecular weight is 244 g/mol. The summed E-state index contributed by atoms with van der Waals surface area (Å²) in [6, 6.07) is 5.15. The van der Waals surface area contributed by atoms with Crippen LogP contribution < -0.4 is 5.32 Å². The molecule has 1 aromatic rings.